The van der Waals surface area contributed by atoms with E-state index in [0.717, 1.165) is 24.3 Å². The molecule has 1 aliphatic rings. The van der Waals surface area contributed by atoms with Gasteiger partial charge < -0.3 is 5.11 Å². The van der Waals surface area contributed by atoms with Gasteiger partial charge in [0.25, 0.3) is 18.8 Å². The normalized spacial score (nSPS) is 21.7. The van der Waals surface area contributed by atoms with E-state index in [4.69, 9.17) is 0 Å². The van der Waals surface area contributed by atoms with Gasteiger partial charge in [0.1, 0.15) is 5.82 Å². The Bertz CT molecular complexity index is 576. The zero-order chi connectivity index (χ0) is 15.8. The van der Waals surface area contributed by atoms with E-state index < -0.39 is 36.0 Å². The van der Waals surface area contributed by atoms with Crippen molar-refractivity contribution in [3.8, 4) is 0 Å². The number of carbonyl (C=O) groups excluding carboxylic acids is 1. The first-order chi connectivity index (χ1) is 9.75. The fourth-order valence-corrected chi connectivity index (χ4v) is 1.75. The molecule has 1 aliphatic heterocycles. The highest BCUT2D eigenvalue weighted by atomic mass is 19.3. The summed E-state index contributed by atoms with van der Waals surface area (Å²) in [6.07, 6.45) is -6.52. The third kappa shape index (κ3) is 2.68. The Balaban J connectivity index is 2.34. The number of carbonyl (C=O) groups is 1. The number of amides is 1. The standard InChI is InChI=1S/C12H9F5N2O2/c13-7-3-1-6(2-4-7)10(20)19-12(21,11(16)17)5-8(18-19)9(14)15/h1-5,9,11,18,21H. The lowest BCUT2D eigenvalue weighted by Crippen LogP contribution is -2.56. The van der Waals surface area contributed by atoms with Crippen LogP contribution in [0.15, 0.2) is 36.0 Å². The second-order valence-electron chi connectivity index (χ2n) is 4.24. The second-order valence-corrected chi connectivity index (χ2v) is 4.24. The topological polar surface area (TPSA) is 52.6 Å². The monoisotopic (exact) mass is 308 g/mol. The van der Waals surface area contributed by atoms with Gasteiger partial charge in [-0.15, -0.1) is 0 Å². The van der Waals surface area contributed by atoms with Crippen LogP contribution in [0.2, 0.25) is 0 Å². The molecule has 0 aliphatic carbocycles. The van der Waals surface area contributed by atoms with E-state index in [9.17, 15) is 31.9 Å². The van der Waals surface area contributed by atoms with Gasteiger partial charge in [-0.05, 0) is 24.3 Å². The molecule has 2 N–H and O–H groups in total. The molecule has 4 nitrogen and oxygen atoms in total. The van der Waals surface area contributed by atoms with Crippen molar-refractivity contribution in [3.63, 3.8) is 0 Å². The highest BCUT2D eigenvalue weighted by molar-refractivity contribution is 5.94. The summed E-state index contributed by atoms with van der Waals surface area (Å²) in [5.41, 5.74) is -2.74. The Labute approximate surface area is 115 Å². The molecular weight excluding hydrogens is 299 g/mol. The number of rotatable bonds is 3. The van der Waals surface area contributed by atoms with Crippen molar-refractivity contribution in [3.05, 3.63) is 47.4 Å². The maximum atomic E-state index is 12.9. The van der Waals surface area contributed by atoms with Crippen LogP contribution in [-0.4, -0.2) is 34.6 Å². The van der Waals surface area contributed by atoms with E-state index in [-0.39, 0.29) is 16.6 Å². The smallest absolute Gasteiger partial charge is 0.291 e. The van der Waals surface area contributed by atoms with Crippen LogP contribution in [0, 0.1) is 5.82 Å². The zero-order valence-electron chi connectivity index (χ0n) is 10.2. The van der Waals surface area contributed by atoms with Crippen molar-refractivity contribution >= 4 is 5.91 Å². The van der Waals surface area contributed by atoms with Gasteiger partial charge in [-0.2, -0.15) is 0 Å². The van der Waals surface area contributed by atoms with Crippen LogP contribution >= 0.6 is 0 Å². The van der Waals surface area contributed by atoms with Crippen LogP contribution in [0.3, 0.4) is 0 Å². The summed E-state index contributed by atoms with van der Waals surface area (Å²) >= 11 is 0. The van der Waals surface area contributed by atoms with Crippen molar-refractivity contribution in [1.29, 1.82) is 0 Å². The first kappa shape index (κ1) is 15.2. The molecule has 1 amide bonds. The second kappa shape index (κ2) is 5.32. The molecule has 9 heteroatoms. The Kier molecular flexibility index (Phi) is 3.86. The third-order valence-corrected chi connectivity index (χ3v) is 2.82. The van der Waals surface area contributed by atoms with Gasteiger partial charge in [0.2, 0.25) is 5.72 Å². The van der Waals surface area contributed by atoms with Gasteiger partial charge in [-0.3, -0.25) is 10.2 Å². The Hall–Kier alpha value is -2.16. The number of benzene rings is 1. The molecule has 114 valence electrons. The minimum Gasteiger partial charge on any atom is -0.361 e. The number of allylic oxidation sites excluding steroid dienone is 1. The zero-order valence-corrected chi connectivity index (χ0v) is 10.2. The van der Waals surface area contributed by atoms with E-state index in [1.807, 2.05) is 0 Å². The molecule has 1 unspecified atom stereocenters. The molecule has 0 radical (unpaired) electrons. The quantitative estimate of drug-likeness (QED) is 0.839. The number of hydrogen-bond donors (Lipinski definition) is 2. The number of hydrazine groups is 1. The SMILES string of the molecule is O=C(c1ccc(F)cc1)N1NC(C(F)F)=CC1(O)C(F)F. The van der Waals surface area contributed by atoms with E-state index in [2.05, 4.69) is 0 Å². The van der Waals surface area contributed by atoms with Gasteiger partial charge >= 0.3 is 0 Å². The summed E-state index contributed by atoms with van der Waals surface area (Å²) in [7, 11) is 0. The van der Waals surface area contributed by atoms with Crippen LogP contribution in [-0.2, 0) is 0 Å². The maximum Gasteiger partial charge on any atom is 0.291 e. The lowest BCUT2D eigenvalue weighted by molar-refractivity contribution is -0.146. The number of nitrogens with one attached hydrogen (secondary N) is 1. The van der Waals surface area contributed by atoms with Crippen molar-refractivity contribution < 1.29 is 31.9 Å². The van der Waals surface area contributed by atoms with Gasteiger partial charge in [0.15, 0.2) is 0 Å². The molecule has 1 aromatic rings. The molecule has 0 saturated heterocycles. The summed E-state index contributed by atoms with van der Waals surface area (Å²) in [5, 5.41) is 9.74. The van der Waals surface area contributed by atoms with Crippen LogP contribution in [0.25, 0.3) is 0 Å². The first-order valence-electron chi connectivity index (χ1n) is 5.64. The first-order valence-corrected chi connectivity index (χ1v) is 5.64. The molecule has 2 rings (SSSR count). The molecule has 1 heterocycles. The highest BCUT2D eigenvalue weighted by Gasteiger charge is 2.51. The van der Waals surface area contributed by atoms with Crippen LogP contribution in [0.1, 0.15) is 10.4 Å². The molecule has 0 saturated carbocycles. The fraction of sp³-hybridized carbons (Fsp3) is 0.250. The molecule has 0 aromatic heterocycles. The molecule has 21 heavy (non-hydrogen) atoms. The van der Waals surface area contributed by atoms with Crippen molar-refractivity contribution in [2.75, 3.05) is 0 Å². The van der Waals surface area contributed by atoms with Crippen molar-refractivity contribution in [1.82, 2.24) is 10.4 Å². The minimum absolute atomic E-state index is 0.00754. The van der Waals surface area contributed by atoms with E-state index in [1.165, 1.54) is 0 Å². The van der Waals surface area contributed by atoms with Gasteiger partial charge in [0.05, 0.1) is 5.70 Å². The summed E-state index contributed by atoms with van der Waals surface area (Å²) in [5.74, 6) is -1.87. The maximum absolute atomic E-state index is 12.9. The highest BCUT2D eigenvalue weighted by Crippen LogP contribution is 2.31. The van der Waals surface area contributed by atoms with Gasteiger partial charge in [0, 0.05) is 11.6 Å². The summed E-state index contributed by atoms with van der Waals surface area (Å²) in [6.45, 7) is 0. The van der Waals surface area contributed by atoms with Crippen molar-refractivity contribution in [2.45, 2.75) is 18.6 Å². The van der Waals surface area contributed by atoms with Gasteiger partial charge in [-0.25, -0.2) is 27.0 Å². The summed E-state index contributed by atoms with van der Waals surface area (Å²) in [4.78, 5) is 12.0. The van der Waals surface area contributed by atoms with Gasteiger partial charge in [-0.1, -0.05) is 0 Å². The van der Waals surface area contributed by atoms with Crippen LogP contribution < -0.4 is 5.43 Å². The van der Waals surface area contributed by atoms with E-state index in [1.54, 1.807) is 5.43 Å². The van der Waals surface area contributed by atoms with E-state index >= 15 is 0 Å². The van der Waals surface area contributed by atoms with Crippen LogP contribution in [0.4, 0.5) is 22.0 Å². The summed E-state index contributed by atoms with van der Waals surface area (Å²) in [6, 6.07) is 3.75. The Morgan fingerprint density at radius 1 is 1.19 bits per heavy atom. The predicted molar refractivity (Wildman–Crippen MR) is 60.7 cm³/mol. The Morgan fingerprint density at radius 3 is 2.24 bits per heavy atom. The minimum atomic E-state index is -3.52. The molecular formula is C12H9F5N2O2. The molecule has 0 fully saturated rings. The molecule has 1 aromatic carbocycles. The lowest BCUT2D eigenvalue weighted by Gasteiger charge is -2.31. The number of alkyl halides is 4. The average molecular weight is 308 g/mol. The predicted octanol–water partition coefficient (Wildman–Crippen LogP) is 1.89. The lowest BCUT2D eigenvalue weighted by atomic mass is 10.1. The molecule has 1 atom stereocenters. The third-order valence-electron chi connectivity index (χ3n) is 2.82. The largest absolute Gasteiger partial charge is 0.361 e. The molecule has 0 bridgehead atoms. The summed E-state index contributed by atoms with van der Waals surface area (Å²) < 4.78 is 63.7. The van der Waals surface area contributed by atoms with Crippen LogP contribution in [0.5, 0.6) is 0 Å². The Morgan fingerprint density at radius 2 is 1.76 bits per heavy atom. The molecule has 0 spiro atoms. The number of nitrogens with zero attached hydrogens (tertiary/aromatic N) is 1. The number of halogens is 5. The average Bonchev–Trinajstić information content (AvgIpc) is 2.78. The van der Waals surface area contributed by atoms with Crippen molar-refractivity contribution in [2.24, 2.45) is 0 Å². The number of hydrogen-bond acceptors (Lipinski definition) is 3. The fourth-order valence-electron chi connectivity index (χ4n) is 1.75. The van der Waals surface area contributed by atoms with E-state index in [0.29, 0.717) is 0 Å². The number of aliphatic hydroxyl groups is 1.